The number of aromatic nitrogens is 2. The van der Waals surface area contributed by atoms with Crippen LogP contribution in [0, 0.1) is 6.92 Å². The number of hydrogen-bond acceptors (Lipinski definition) is 5. The number of carbonyl (C=O) groups excluding carboxylic acids is 1. The standard InChI is InChI=1S/C21H23N3O3/c1-14(2)26-18-11-9-17(10-12-18)21(25)24(4)13-19-22-20(23-27-19)16-7-5-15(3)6-8-16/h5-12,14H,13H2,1-4H3. The van der Waals surface area contributed by atoms with Gasteiger partial charge in [0.25, 0.3) is 5.91 Å². The molecule has 140 valence electrons. The van der Waals surface area contributed by atoms with Gasteiger partial charge in [0, 0.05) is 18.2 Å². The van der Waals surface area contributed by atoms with Crippen LogP contribution in [0.2, 0.25) is 0 Å². The van der Waals surface area contributed by atoms with Gasteiger partial charge in [0.1, 0.15) is 5.75 Å². The summed E-state index contributed by atoms with van der Waals surface area (Å²) in [6, 6.07) is 15.0. The van der Waals surface area contributed by atoms with Gasteiger partial charge in [0.15, 0.2) is 0 Å². The predicted octanol–water partition coefficient (Wildman–Crippen LogP) is 4.10. The van der Waals surface area contributed by atoms with Crippen LogP contribution < -0.4 is 4.74 Å². The normalized spacial score (nSPS) is 10.9. The van der Waals surface area contributed by atoms with Gasteiger partial charge >= 0.3 is 0 Å². The Kier molecular flexibility index (Phi) is 5.54. The lowest BCUT2D eigenvalue weighted by molar-refractivity contribution is 0.0769. The molecular formula is C21H23N3O3. The first-order chi connectivity index (χ1) is 12.9. The molecular weight excluding hydrogens is 342 g/mol. The van der Waals surface area contributed by atoms with Crippen molar-refractivity contribution in [3.8, 4) is 17.1 Å². The van der Waals surface area contributed by atoms with Crippen molar-refractivity contribution in [1.82, 2.24) is 15.0 Å². The van der Waals surface area contributed by atoms with E-state index in [1.165, 1.54) is 0 Å². The third kappa shape index (κ3) is 4.73. The third-order valence-corrected chi connectivity index (χ3v) is 3.97. The minimum atomic E-state index is -0.124. The van der Waals surface area contributed by atoms with Crippen LogP contribution in [0.4, 0.5) is 0 Å². The van der Waals surface area contributed by atoms with E-state index in [0.717, 1.165) is 16.9 Å². The van der Waals surface area contributed by atoms with Gasteiger partial charge in [-0.2, -0.15) is 4.98 Å². The van der Waals surface area contributed by atoms with Crippen LogP contribution >= 0.6 is 0 Å². The molecule has 1 heterocycles. The van der Waals surface area contributed by atoms with Crippen LogP contribution in [-0.2, 0) is 6.54 Å². The Morgan fingerprint density at radius 1 is 1.11 bits per heavy atom. The Morgan fingerprint density at radius 2 is 1.78 bits per heavy atom. The van der Waals surface area contributed by atoms with E-state index >= 15 is 0 Å². The zero-order valence-corrected chi connectivity index (χ0v) is 16.0. The van der Waals surface area contributed by atoms with E-state index in [0.29, 0.717) is 17.3 Å². The summed E-state index contributed by atoms with van der Waals surface area (Å²) in [7, 11) is 1.70. The number of benzene rings is 2. The molecule has 0 unspecified atom stereocenters. The Hall–Kier alpha value is -3.15. The van der Waals surface area contributed by atoms with Crippen molar-refractivity contribution in [1.29, 1.82) is 0 Å². The van der Waals surface area contributed by atoms with Crippen molar-refractivity contribution in [3.05, 3.63) is 65.5 Å². The zero-order chi connectivity index (χ0) is 19.4. The van der Waals surface area contributed by atoms with Gasteiger partial charge in [-0.25, -0.2) is 0 Å². The first-order valence-corrected chi connectivity index (χ1v) is 8.84. The van der Waals surface area contributed by atoms with E-state index in [9.17, 15) is 4.79 Å². The lowest BCUT2D eigenvalue weighted by Crippen LogP contribution is -2.26. The first kappa shape index (κ1) is 18.6. The van der Waals surface area contributed by atoms with E-state index in [2.05, 4.69) is 10.1 Å². The lowest BCUT2D eigenvalue weighted by Gasteiger charge is -2.15. The molecule has 6 nitrogen and oxygen atoms in total. The van der Waals surface area contributed by atoms with E-state index in [-0.39, 0.29) is 18.6 Å². The van der Waals surface area contributed by atoms with Crippen molar-refractivity contribution < 1.29 is 14.1 Å². The molecule has 0 spiro atoms. The molecule has 0 saturated heterocycles. The summed E-state index contributed by atoms with van der Waals surface area (Å²) in [4.78, 5) is 18.5. The van der Waals surface area contributed by atoms with E-state index in [4.69, 9.17) is 9.26 Å². The van der Waals surface area contributed by atoms with E-state index in [1.807, 2.05) is 45.0 Å². The van der Waals surface area contributed by atoms with Gasteiger partial charge in [0.05, 0.1) is 12.6 Å². The molecule has 6 heteroatoms. The lowest BCUT2D eigenvalue weighted by atomic mass is 10.1. The van der Waals surface area contributed by atoms with Gasteiger partial charge in [-0.05, 0) is 45.0 Å². The zero-order valence-electron chi connectivity index (χ0n) is 16.0. The van der Waals surface area contributed by atoms with Crippen LogP contribution in [0.15, 0.2) is 53.1 Å². The maximum atomic E-state index is 12.6. The van der Waals surface area contributed by atoms with Crippen molar-refractivity contribution in [2.45, 2.75) is 33.4 Å². The summed E-state index contributed by atoms with van der Waals surface area (Å²) in [5.74, 6) is 1.52. The van der Waals surface area contributed by atoms with Gasteiger partial charge in [-0.3, -0.25) is 4.79 Å². The number of nitrogens with zero attached hydrogens (tertiary/aromatic N) is 3. The fraction of sp³-hybridized carbons (Fsp3) is 0.286. The molecule has 0 atom stereocenters. The van der Waals surface area contributed by atoms with E-state index < -0.39 is 0 Å². The van der Waals surface area contributed by atoms with Gasteiger partial charge in [-0.1, -0.05) is 35.0 Å². The number of aryl methyl sites for hydroxylation is 1. The van der Waals surface area contributed by atoms with Crippen molar-refractivity contribution in [2.75, 3.05) is 7.05 Å². The summed E-state index contributed by atoms with van der Waals surface area (Å²) in [6.45, 7) is 6.18. The molecule has 3 aromatic rings. The van der Waals surface area contributed by atoms with Crippen LogP contribution in [-0.4, -0.2) is 34.1 Å². The highest BCUT2D eigenvalue weighted by atomic mass is 16.5. The SMILES string of the molecule is Cc1ccc(-c2noc(CN(C)C(=O)c3ccc(OC(C)C)cc3)n2)cc1. The molecule has 0 aliphatic rings. The van der Waals surface area contributed by atoms with Crippen LogP contribution in [0.3, 0.4) is 0 Å². The highest BCUT2D eigenvalue weighted by molar-refractivity contribution is 5.94. The smallest absolute Gasteiger partial charge is 0.254 e. The molecule has 3 rings (SSSR count). The van der Waals surface area contributed by atoms with Gasteiger partial charge in [0.2, 0.25) is 11.7 Å². The van der Waals surface area contributed by atoms with Crippen LogP contribution in [0.25, 0.3) is 11.4 Å². The van der Waals surface area contributed by atoms with Gasteiger partial charge in [-0.15, -0.1) is 0 Å². The highest BCUT2D eigenvalue weighted by Crippen LogP contribution is 2.18. The van der Waals surface area contributed by atoms with Crippen LogP contribution in [0.5, 0.6) is 5.75 Å². The molecule has 0 bridgehead atoms. The molecule has 0 fully saturated rings. The number of hydrogen-bond donors (Lipinski definition) is 0. The summed E-state index contributed by atoms with van der Waals surface area (Å²) in [6.07, 6.45) is 0.0921. The molecule has 2 aromatic carbocycles. The quantitative estimate of drug-likeness (QED) is 0.658. The second kappa shape index (κ2) is 8.03. The van der Waals surface area contributed by atoms with Gasteiger partial charge < -0.3 is 14.2 Å². The second-order valence-corrected chi connectivity index (χ2v) is 6.73. The molecule has 27 heavy (non-hydrogen) atoms. The average molecular weight is 365 g/mol. The van der Waals surface area contributed by atoms with Crippen molar-refractivity contribution >= 4 is 5.91 Å². The fourth-order valence-corrected chi connectivity index (χ4v) is 2.58. The maximum Gasteiger partial charge on any atom is 0.254 e. The Morgan fingerprint density at radius 3 is 2.41 bits per heavy atom. The molecule has 0 radical (unpaired) electrons. The van der Waals surface area contributed by atoms with Crippen molar-refractivity contribution in [2.24, 2.45) is 0 Å². The molecule has 0 aliphatic carbocycles. The summed E-state index contributed by atoms with van der Waals surface area (Å²) >= 11 is 0. The highest BCUT2D eigenvalue weighted by Gasteiger charge is 2.16. The average Bonchev–Trinajstić information content (AvgIpc) is 3.10. The Labute approximate surface area is 158 Å². The first-order valence-electron chi connectivity index (χ1n) is 8.84. The molecule has 0 N–H and O–H groups in total. The molecule has 0 aliphatic heterocycles. The minimum absolute atomic E-state index is 0.0921. The Balaban J connectivity index is 1.65. The van der Waals surface area contributed by atoms with Crippen molar-refractivity contribution in [3.63, 3.8) is 0 Å². The summed E-state index contributed by atoms with van der Waals surface area (Å²) in [5, 5.41) is 4.00. The molecule has 1 amide bonds. The fourth-order valence-electron chi connectivity index (χ4n) is 2.58. The summed E-state index contributed by atoms with van der Waals surface area (Å²) in [5.41, 5.74) is 2.62. The maximum absolute atomic E-state index is 12.6. The second-order valence-electron chi connectivity index (χ2n) is 6.73. The Bertz CT molecular complexity index is 899. The monoisotopic (exact) mass is 365 g/mol. The number of amides is 1. The number of ether oxygens (including phenoxy) is 1. The predicted molar refractivity (Wildman–Crippen MR) is 102 cm³/mol. The topological polar surface area (TPSA) is 68.5 Å². The summed E-state index contributed by atoms with van der Waals surface area (Å²) < 4.78 is 10.9. The molecule has 1 aromatic heterocycles. The number of rotatable bonds is 6. The third-order valence-electron chi connectivity index (χ3n) is 3.97. The number of carbonyl (C=O) groups is 1. The molecule has 0 saturated carbocycles. The van der Waals surface area contributed by atoms with Crippen LogP contribution in [0.1, 0.15) is 35.7 Å². The van der Waals surface area contributed by atoms with E-state index in [1.54, 1.807) is 36.2 Å². The minimum Gasteiger partial charge on any atom is -0.491 e. The largest absolute Gasteiger partial charge is 0.491 e.